The molecule has 0 fully saturated rings. The van der Waals surface area contributed by atoms with Crippen LogP contribution in [0.5, 0.6) is 11.5 Å². The lowest BCUT2D eigenvalue weighted by atomic mass is 10.2. The van der Waals surface area contributed by atoms with Crippen LogP contribution in [-0.4, -0.2) is 28.3 Å². The Hall–Kier alpha value is -3.72. The Kier molecular flexibility index (Phi) is 5.20. The lowest BCUT2D eigenvalue weighted by Gasteiger charge is -2.02. The van der Waals surface area contributed by atoms with Gasteiger partial charge in [-0.3, -0.25) is 15.1 Å². The van der Waals surface area contributed by atoms with E-state index in [0.29, 0.717) is 22.7 Å². The molecule has 0 saturated carbocycles. The van der Waals surface area contributed by atoms with Gasteiger partial charge in [-0.25, -0.2) is 4.98 Å². The highest BCUT2D eigenvalue weighted by atomic mass is 79.9. The number of hydrogen-bond acceptors (Lipinski definition) is 7. The number of benzene rings is 3. The third-order valence-corrected chi connectivity index (χ3v) is 4.95. The summed E-state index contributed by atoms with van der Waals surface area (Å²) in [6, 6.07) is 15.0. The molecule has 150 valence electrons. The smallest absolute Gasteiger partial charge is 0.271 e. The molecule has 4 rings (SSSR count). The molecule has 8 nitrogen and oxygen atoms in total. The molecular weight excluding hydrogens is 454 g/mol. The van der Waals surface area contributed by atoms with E-state index in [1.54, 1.807) is 25.3 Å². The molecule has 0 bridgehead atoms. The van der Waals surface area contributed by atoms with Crippen LogP contribution < -0.4 is 4.74 Å². The number of aromatic hydroxyl groups is 1. The molecule has 4 aromatic rings. The fraction of sp³-hybridized carbons (Fsp3) is 0.0476. The van der Waals surface area contributed by atoms with E-state index < -0.39 is 4.92 Å². The third-order valence-electron chi connectivity index (χ3n) is 4.35. The quantitative estimate of drug-likeness (QED) is 0.231. The first-order chi connectivity index (χ1) is 14.4. The van der Waals surface area contributed by atoms with Crippen molar-refractivity contribution in [2.45, 2.75) is 0 Å². The van der Waals surface area contributed by atoms with E-state index in [2.05, 4.69) is 25.9 Å². The average Bonchev–Trinajstić information content (AvgIpc) is 3.18. The number of phenols is 1. The number of aromatic nitrogens is 1. The molecule has 30 heavy (non-hydrogen) atoms. The van der Waals surface area contributed by atoms with Crippen LogP contribution in [0.2, 0.25) is 0 Å². The van der Waals surface area contributed by atoms with E-state index in [4.69, 9.17) is 9.15 Å². The Morgan fingerprint density at radius 3 is 2.67 bits per heavy atom. The van der Waals surface area contributed by atoms with Crippen molar-refractivity contribution in [2.24, 2.45) is 4.99 Å². The van der Waals surface area contributed by atoms with Crippen LogP contribution in [0.3, 0.4) is 0 Å². The number of halogens is 1. The largest absolute Gasteiger partial charge is 0.506 e. The first kappa shape index (κ1) is 19.6. The van der Waals surface area contributed by atoms with Gasteiger partial charge in [0.25, 0.3) is 5.69 Å². The summed E-state index contributed by atoms with van der Waals surface area (Å²) in [5, 5.41) is 21.1. The van der Waals surface area contributed by atoms with Gasteiger partial charge in [0.2, 0.25) is 5.89 Å². The molecule has 0 aliphatic heterocycles. The molecule has 0 radical (unpaired) electrons. The van der Waals surface area contributed by atoms with Crippen LogP contribution >= 0.6 is 15.9 Å². The number of nitrogens with zero attached hydrogens (tertiary/aromatic N) is 3. The summed E-state index contributed by atoms with van der Waals surface area (Å²) >= 11 is 3.11. The standard InChI is InChI=1S/C21H14BrN3O5/c1-29-16-5-2-12(3-6-16)21-24-18-9-14(4-7-19(18)30-21)23-11-13-8-15(25(27)28)10-17(22)20(13)26/h2-11,26H,1H3. The number of methoxy groups -OCH3 is 1. The van der Waals surface area contributed by atoms with Gasteiger partial charge in [0, 0.05) is 29.5 Å². The van der Waals surface area contributed by atoms with Gasteiger partial charge in [-0.05, 0) is 58.4 Å². The van der Waals surface area contributed by atoms with Crippen LogP contribution in [0.1, 0.15) is 5.56 Å². The summed E-state index contributed by atoms with van der Waals surface area (Å²) < 4.78 is 11.2. The number of fused-ring (bicyclic) bond motifs is 1. The predicted octanol–water partition coefficient (Wildman–Crippen LogP) is 5.63. The molecule has 0 atom stereocenters. The van der Waals surface area contributed by atoms with E-state index in [9.17, 15) is 15.2 Å². The first-order valence-electron chi connectivity index (χ1n) is 8.70. The van der Waals surface area contributed by atoms with E-state index in [-0.39, 0.29) is 21.5 Å². The van der Waals surface area contributed by atoms with Gasteiger partial charge in [-0.2, -0.15) is 0 Å². The summed E-state index contributed by atoms with van der Waals surface area (Å²) in [5.74, 6) is 1.07. The maximum Gasteiger partial charge on any atom is 0.271 e. The fourth-order valence-corrected chi connectivity index (χ4v) is 3.27. The molecular formula is C21H14BrN3O5. The van der Waals surface area contributed by atoms with Gasteiger partial charge in [0.05, 0.1) is 22.2 Å². The first-order valence-corrected chi connectivity index (χ1v) is 9.50. The number of aliphatic imine (C=N–C) groups is 1. The number of rotatable bonds is 5. The average molecular weight is 468 g/mol. The Morgan fingerprint density at radius 1 is 1.20 bits per heavy atom. The molecule has 9 heteroatoms. The van der Waals surface area contributed by atoms with Crippen LogP contribution in [0, 0.1) is 10.1 Å². The number of phenolic OH excluding ortho intramolecular Hbond substituents is 1. The number of oxazole rings is 1. The lowest BCUT2D eigenvalue weighted by Crippen LogP contribution is -1.91. The molecule has 0 amide bonds. The van der Waals surface area contributed by atoms with Gasteiger partial charge in [0.15, 0.2) is 5.58 Å². The van der Waals surface area contributed by atoms with Crippen molar-refractivity contribution in [3.05, 3.63) is 74.7 Å². The molecule has 0 aliphatic carbocycles. The van der Waals surface area contributed by atoms with Gasteiger partial charge in [-0.1, -0.05) is 0 Å². The van der Waals surface area contributed by atoms with E-state index in [1.165, 1.54) is 18.3 Å². The van der Waals surface area contributed by atoms with Crippen molar-refractivity contribution in [1.29, 1.82) is 0 Å². The van der Waals surface area contributed by atoms with Crippen molar-refractivity contribution >= 4 is 44.6 Å². The highest BCUT2D eigenvalue weighted by molar-refractivity contribution is 9.10. The zero-order valence-electron chi connectivity index (χ0n) is 15.6. The summed E-state index contributed by atoms with van der Waals surface area (Å²) in [6.45, 7) is 0. The van der Waals surface area contributed by atoms with Crippen molar-refractivity contribution in [3.63, 3.8) is 0 Å². The Labute approximate surface area is 178 Å². The third kappa shape index (κ3) is 3.87. The second-order valence-corrected chi connectivity index (χ2v) is 7.13. The van der Waals surface area contributed by atoms with E-state index in [1.807, 2.05) is 24.3 Å². The summed E-state index contributed by atoms with van der Waals surface area (Å²) in [6.07, 6.45) is 1.36. The zero-order valence-corrected chi connectivity index (χ0v) is 17.2. The van der Waals surface area contributed by atoms with Crippen molar-refractivity contribution in [1.82, 2.24) is 4.98 Å². The summed E-state index contributed by atoms with van der Waals surface area (Å²) in [7, 11) is 1.60. The predicted molar refractivity (Wildman–Crippen MR) is 116 cm³/mol. The normalized spacial score (nSPS) is 11.3. The maximum absolute atomic E-state index is 11.0. The maximum atomic E-state index is 11.0. The summed E-state index contributed by atoms with van der Waals surface area (Å²) in [5.41, 5.74) is 2.63. The monoisotopic (exact) mass is 467 g/mol. The fourth-order valence-electron chi connectivity index (χ4n) is 2.81. The molecule has 0 unspecified atom stereocenters. The van der Waals surface area contributed by atoms with E-state index in [0.717, 1.165) is 11.3 Å². The SMILES string of the molecule is COc1ccc(-c2nc3cc(N=Cc4cc([N+](=O)[O-])cc(Br)c4O)ccc3o2)cc1. The van der Waals surface area contributed by atoms with Crippen molar-refractivity contribution in [2.75, 3.05) is 7.11 Å². The molecule has 1 aromatic heterocycles. The number of non-ortho nitro benzene ring substituents is 1. The topological polar surface area (TPSA) is 111 Å². The Bertz CT molecular complexity index is 1280. The Balaban J connectivity index is 1.65. The molecule has 0 aliphatic rings. The molecule has 1 N–H and O–H groups in total. The van der Waals surface area contributed by atoms with E-state index >= 15 is 0 Å². The minimum absolute atomic E-state index is 0.131. The van der Waals surface area contributed by atoms with Crippen LogP contribution in [0.15, 0.2) is 68.5 Å². The number of ether oxygens (including phenoxy) is 1. The van der Waals surface area contributed by atoms with Crippen molar-refractivity contribution < 1.29 is 19.2 Å². The van der Waals surface area contributed by atoms with Gasteiger partial charge >= 0.3 is 0 Å². The van der Waals surface area contributed by atoms with Crippen molar-refractivity contribution in [3.8, 4) is 23.0 Å². The molecule has 0 saturated heterocycles. The Morgan fingerprint density at radius 2 is 1.97 bits per heavy atom. The lowest BCUT2D eigenvalue weighted by molar-refractivity contribution is -0.385. The molecule has 0 spiro atoms. The zero-order chi connectivity index (χ0) is 21.3. The highest BCUT2D eigenvalue weighted by Crippen LogP contribution is 2.32. The van der Waals surface area contributed by atoms with Crippen LogP contribution in [-0.2, 0) is 0 Å². The highest BCUT2D eigenvalue weighted by Gasteiger charge is 2.14. The molecule has 3 aromatic carbocycles. The summed E-state index contributed by atoms with van der Waals surface area (Å²) in [4.78, 5) is 19.3. The molecule has 1 heterocycles. The number of nitro groups is 1. The minimum Gasteiger partial charge on any atom is -0.506 e. The van der Waals surface area contributed by atoms with Gasteiger partial charge in [-0.15, -0.1) is 0 Å². The second kappa shape index (κ2) is 7.96. The second-order valence-electron chi connectivity index (χ2n) is 6.28. The van der Waals surface area contributed by atoms with Gasteiger partial charge in [0.1, 0.15) is 17.0 Å². The number of hydrogen-bond donors (Lipinski definition) is 1. The number of nitro benzene ring substituents is 1. The van der Waals surface area contributed by atoms with Crippen LogP contribution in [0.25, 0.3) is 22.6 Å². The van der Waals surface area contributed by atoms with Crippen LogP contribution in [0.4, 0.5) is 11.4 Å². The van der Waals surface area contributed by atoms with Gasteiger partial charge < -0.3 is 14.3 Å². The minimum atomic E-state index is -0.538.